The fourth-order valence-electron chi connectivity index (χ4n) is 2.66. The van der Waals surface area contributed by atoms with E-state index in [1.807, 2.05) is 0 Å². The van der Waals surface area contributed by atoms with Gasteiger partial charge in [-0.1, -0.05) is 11.6 Å². The molecule has 0 radical (unpaired) electrons. The first-order valence-electron chi connectivity index (χ1n) is 7.91. The molecule has 27 heavy (non-hydrogen) atoms. The fourth-order valence-corrected chi connectivity index (χ4v) is 2.83. The number of hydrogen-bond acceptors (Lipinski definition) is 7. The molecule has 0 aliphatic carbocycles. The number of nitrogens with zero attached hydrogens (tertiary/aromatic N) is 3. The van der Waals surface area contributed by atoms with Crippen LogP contribution in [0.15, 0.2) is 48.7 Å². The van der Waals surface area contributed by atoms with Crippen LogP contribution in [0.4, 0.5) is 22.7 Å². The van der Waals surface area contributed by atoms with Gasteiger partial charge >= 0.3 is 0 Å². The molecule has 0 amide bonds. The zero-order chi connectivity index (χ0) is 19.4. The van der Waals surface area contributed by atoms with Crippen LogP contribution in [0.25, 0.3) is 10.9 Å². The molecule has 138 valence electrons. The maximum absolute atomic E-state index is 11.1. The number of non-ortho nitro benzene ring substituents is 1. The molecule has 0 fully saturated rings. The molecule has 10 heteroatoms. The quantitative estimate of drug-likeness (QED) is 0.353. The van der Waals surface area contributed by atoms with E-state index in [1.54, 1.807) is 36.5 Å². The molecule has 9 nitrogen and oxygen atoms in total. The third kappa shape index (κ3) is 4.04. The van der Waals surface area contributed by atoms with Gasteiger partial charge in [0.05, 0.1) is 20.9 Å². The summed E-state index contributed by atoms with van der Waals surface area (Å²) in [5.74, 6) is 0. The Morgan fingerprint density at radius 1 is 0.926 bits per heavy atom. The van der Waals surface area contributed by atoms with E-state index in [-0.39, 0.29) is 16.4 Å². The van der Waals surface area contributed by atoms with E-state index >= 15 is 0 Å². The SMILES string of the molecule is O=[N+]([O-])c1cc(Cl)ccc1NCCNc1ccc([N+](=O)[O-])c2cccnc12. The molecule has 3 aromatic rings. The number of anilines is 2. The Morgan fingerprint density at radius 3 is 2.30 bits per heavy atom. The highest BCUT2D eigenvalue weighted by Crippen LogP contribution is 2.30. The van der Waals surface area contributed by atoms with Gasteiger partial charge in [0.2, 0.25) is 0 Å². The van der Waals surface area contributed by atoms with E-state index in [1.165, 1.54) is 12.1 Å². The summed E-state index contributed by atoms with van der Waals surface area (Å²) in [5, 5.41) is 29.1. The van der Waals surface area contributed by atoms with Gasteiger partial charge in [-0.25, -0.2) is 0 Å². The lowest BCUT2D eigenvalue weighted by molar-refractivity contribution is -0.384. The van der Waals surface area contributed by atoms with Crippen molar-refractivity contribution < 1.29 is 9.85 Å². The average Bonchev–Trinajstić information content (AvgIpc) is 2.65. The molecule has 0 aliphatic rings. The molecular formula is C17H14ClN5O4. The predicted molar refractivity (Wildman–Crippen MR) is 103 cm³/mol. The minimum Gasteiger partial charge on any atom is -0.382 e. The van der Waals surface area contributed by atoms with Gasteiger partial charge in [0, 0.05) is 36.4 Å². The Balaban J connectivity index is 1.71. The second-order valence-electron chi connectivity index (χ2n) is 5.56. The molecular weight excluding hydrogens is 374 g/mol. The van der Waals surface area contributed by atoms with Crippen molar-refractivity contribution in [2.24, 2.45) is 0 Å². The van der Waals surface area contributed by atoms with Crippen LogP contribution in [0.5, 0.6) is 0 Å². The standard InChI is InChI=1S/C17H14ClN5O4/c18-11-3-4-13(16(10-11)23(26)27)19-8-9-20-14-5-6-15(22(24)25)12-2-1-7-21-17(12)14/h1-7,10,19-20H,8-9H2. The van der Waals surface area contributed by atoms with Crippen molar-refractivity contribution in [2.45, 2.75) is 0 Å². The Bertz CT molecular complexity index is 1030. The minimum absolute atomic E-state index is 0.0152. The number of nitro benzene ring substituents is 2. The van der Waals surface area contributed by atoms with Crippen LogP contribution in [0, 0.1) is 20.2 Å². The van der Waals surface area contributed by atoms with Gasteiger partial charge in [0.25, 0.3) is 11.4 Å². The van der Waals surface area contributed by atoms with Crippen molar-refractivity contribution in [3.63, 3.8) is 0 Å². The third-order valence-electron chi connectivity index (χ3n) is 3.86. The monoisotopic (exact) mass is 387 g/mol. The summed E-state index contributed by atoms with van der Waals surface area (Å²) < 4.78 is 0. The van der Waals surface area contributed by atoms with Crippen LogP contribution in [0.1, 0.15) is 0 Å². The number of rotatable bonds is 7. The molecule has 0 saturated heterocycles. The van der Waals surface area contributed by atoms with Crippen molar-refractivity contribution in [1.82, 2.24) is 4.98 Å². The molecule has 0 atom stereocenters. The van der Waals surface area contributed by atoms with Gasteiger partial charge in [-0.2, -0.15) is 0 Å². The van der Waals surface area contributed by atoms with Gasteiger partial charge in [-0.3, -0.25) is 25.2 Å². The summed E-state index contributed by atoms with van der Waals surface area (Å²) >= 11 is 5.79. The summed E-state index contributed by atoms with van der Waals surface area (Å²) in [6.07, 6.45) is 1.56. The van der Waals surface area contributed by atoms with Gasteiger partial charge < -0.3 is 10.6 Å². The van der Waals surface area contributed by atoms with E-state index in [0.29, 0.717) is 35.4 Å². The van der Waals surface area contributed by atoms with Crippen LogP contribution < -0.4 is 10.6 Å². The Kier molecular flexibility index (Phi) is 5.32. The summed E-state index contributed by atoms with van der Waals surface area (Å²) in [4.78, 5) is 25.5. The zero-order valence-electron chi connectivity index (χ0n) is 13.9. The first kappa shape index (κ1) is 18.3. The zero-order valence-corrected chi connectivity index (χ0v) is 14.6. The number of hydrogen-bond donors (Lipinski definition) is 2. The number of nitro groups is 2. The van der Waals surface area contributed by atoms with Crippen LogP contribution >= 0.6 is 11.6 Å². The molecule has 0 bridgehead atoms. The lowest BCUT2D eigenvalue weighted by Gasteiger charge is -2.11. The maximum Gasteiger partial charge on any atom is 0.293 e. The molecule has 2 aromatic carbocycles. The van der Waals surface area contributed by atoms with Crippen molar-refractivity contribution in [2.75, 3.05) is 23.7 Å². The lowest BCUT2D eigenvalue weighted by Crippen LogP contribution is -2.14. The summed E-state index contributed by atoms with van der Waals surface area (Å²) in [6, 6.07) is 10.7. The number of pyridine rings is 1. The van der Waals surface area contributed by atoms with E-state index in [9.17, 15) is 20.2 Å². The van der Waals surface area contributed by atoms with Crippen LogP contribution in [-0.2, 0) is 0 Å². The molecule has 2 N–H and O–H groups in total. The molecule has 0 spiro atoms. The molecule has 0 aliphatic heterocycles. The smallest absolute Gasteiger partial charge is 0.293 e. The van der Waals surface area contributed by atoms with Crippen molar-refractivity contribution in [3.05, 3.63) is 73.9 Å². The Labute approximate surface area is 158 Å². The highest BCUT2D eigenvalue weighted by atomic mass is 35.5. The fraction of sp³-hybridized carbons (Fsp3) is 0.118. The molecule has 0 saturated carbocycles. The predicted octanol–water partition coefficient (Wildman–Crippen LogP) is 4.23. The van der Waals surface area contributed by atoms with Gasteiger partial charge in [-0.15, -0.1) is 0 Å². The number of fused-ring (bicyclic) bond motifs is 1. The molecule has 0 unspecified atom stereocenters. The topological polar surface area (TPSA) is 123 Å². The first-order valence-corrected chi connectivity index (χ1v) is 8.29. The lowest BCUT2D eigenvalue weighted by atomic mass is 10.1. The normalized spacial score (nSPS) is 10.6. The minimum atomic E-state index is -0.505. The average molecular weight is 388 g/mol. The largest absolute Gasteiger partial charge is 0.382 e. The van der Waals surface area contributed by atoms with Gasteiger partial charge in [-0.05, 0) is 30.3 Å². The van der Waals surface area contributed by atoms with Crippen molar-refractivity contribution in [3.8, 4) is 0 Å². The molecule has 1 heterocycles. The summed E-state index contributed by atoms with van der Waals surface area (Å²) in [5.41, 5.74) is 1.37. The highest BCUT2D eigenvalue weighted by Gasteiger charge is 2.15. The third-order valence-corrected chi connectivity index (χ3v) is 4.09. The van der Waals surface area contributed by atoms with E-state index in [4.69, 9.17) is 11.6 Å². The Morgan fingerprint density at radius 2 is 1.59 bits per heavy atom. The maximum atomic E-state index is 11.1. The van der Waals surface area contributed by atoms with E-state index in [2.05, 4.69) is 15.6 Å². The van der Waals surface area contributed by atoms with Crippen LogP contribution in [0.3, 0.4) is 0 Å². The summed E-state index contributed by atoms with van der Waals surface area (Å²) in [7, 11) is 0. The van der Waals surface area contributed by atoms with Gasteiger partial charge in [0.15, 0.2) is 0 Å². The second-order valence-corrected chi connectivity index (χ2v) is 6.00. The van der Waals surface area contributed by atoms with Gasteiger partial charge in [0.1, 0.15) is 11.2 Å². The molecule has 1 aromatic heterocycles. The summed E-state index contributed by atoms with van der Waals surface area (Å²) in [6.45, 7) is 0.803. The van der Waals surface area contributed by atoms with Crippen LogP contribution in [0.2, 0.25) is 5.02 Å². The first-order chi connectivity index (χ1) is 13.0. The number of nitrogens with one attached hydrogen (secondary N) is 2. The Hall–Kier alpha value is -3.46. The van der Waals surface area contributed by atoms with E-state index in [0.717, 1.165) is 0 Å². The van der Waals surface area contributed by atoms with Crippen molar-refractivity contribution in [1.29, 1.82) is 0 Å². The van der Waals surface area contributed by atoms with E-state index < -0.39 is 9.85 Å². The number of benzene rings is 2. The molecule has 3 rings (SSSR count). The highest BCUT2D eigenvalue weighted by molar-refractivity contribution is 6.30. The second kappa shape index (κ2) is 7.83. The van der Waals surface area contributed by atoms with Crippen molar-refractivity contribution >= 4 is 45.3 Å². The number of halogens is 1. The van der Waals surface area contributed by atoms with Crippen LogP contribution in [-0.4, -0.2) is 27.9 Å². The number of aromatic nitrogens is 1.